The topological polar surface area (TPSA) is 92.4 Å². The van der Waals surface area contributed by atoms with Crippen molar-refractivity contribution in [2.45, 2.75) is 13.0 Å². The normalized spacial score (nSPS) is 14.0. The van der Waals surface area contributed by atoms with Crippen LogP contribution in [0.3, 0.4) is 0 Å². The van der Waals surface area contributed by atoms with Crippen molar-refractivity contribution < 1.29 is 14.1 Å². The molecule has 1 aromatic carbocycles. The molecule has 94 valence electrons. The average molecular weight is 256 g/mol. The van der Waals surface area contributed by atoms with Gasteiger partial charge in [0.15, 0.2) is 0 Å². The van der Waals surface area contributed by atoms with Crippen LogP contribution in [0.1, 0.15) is 17.3 Å². The van der Waals surface area contributed by atoms with Gasteiger partial charge < -0.3 is 16.2 Å². The number of benzene rings is 1. The van der Waals surface area contributed by atoms with Crippen LogP contribution in [0, 0.1) is 0 Å². The quantitative estimate of drug-likeness (QED) is 0.687. The van der Waals surface area contributed by atoms with E-state index in [9.17, 15) is 9.00 Å². The number of carbonyl (C=O) groups is 1. The smallest absolute Gasteiger partial charge is 0.337 e. The van der Waals surface area contributed by atoms with E-state index in [4.69, 9.17) is 10.8 Å². The molecule has 1 aromatic rings. The number of carboxylic acid groups (broad SMARTS) is 1. The van der Waals surface area contributed by atoms with Crippen LogP contribution >= 0.6 is 0 Å². The Kier molecular flexibility index (Phi) is 4.51. The minimum absolute atomic E-state index is 0.0379. The molecule has 1 rings (SSSR count). The first kappa shape index (κ1) is 13.5. The van der Waals surface area contributed by atoms with Gasteiger partial charge in [0.2, 0.25) is 0 Å². The fourth-order valence-corrected chi connectivity index (χ4v) is 2.31. The molecule has 0 radical (unpaired) electrons. The Morgan fingerprint density at radius 3 is 2.71 bits per heavy atom. The fourth-order valence-electron chi connectivity index (χ4n) is 1.53. The first-order valence-electron chi connectivity index (χ1n) is 5.09. The van der Waals surface area contributed by atoms with Crippen LogP contribution in [-0.2, 0) is 10.8 Å². The molecule has 6 heteroatoms. The number of anilines is 2. The van der Waals surface area contributed by atoms with Crippen LogP contribution in [0.5, 0.6) is 0 Å². The number of rotatable bonds is 5. The van der Waals surface area contributed by atoms with Gasteiger partial charge >= 0.3 is 5.97 Å². The maximum absolute atomic E-state index is 11.0. The first-order valence-corrected chi connectivity index (χ1v) is 6.82. The van der Waals surface area contributed by atoms with Gasteiger partial charge in [-0.2, -0.15) is 0 Å². The largest absolute Gasteiger partial charge is 0.478 e. The van der Waals surface area contributed by atoms with Crippen LogP contribution in [0.25, 0.3) is 0 Å². The average Bonchev–Trinajstić information content (AvgIpc) is 2.15. The highest BCUT2D eigenvalue weighted by molar-refractivity contribution is 7.84. The highest BCUT2D eigenvalue weighted by Gasteiger charge is 2.09. The predicted molar refractivity (Wildman–Crippen MR) is 69.8 cm³/mol. The van der Waals surface area contributed by atoms with Gasteiger partial charge in [0.05, 0.1) is 5.56 Å². The zero-order valence-corrected chi connectivity index (χ0v) is 10.6. The number of hydrogen-bond acceptors (Lipinski definition) is 4. The molecule has 0 aliphatic carbocycles. The maximum Gasteiger partial charge on any atom is 0.337 e. The minimum Gasteiger partial charge on any atom is -0.478 e. The highest BCUT2D eigenvalue weighted by Crippen LogP contribution is 2.18. The van der Waals surface area contributed by atoms with Gasteiger partial charge in [-0.1, -0.05) is 0 Å². The summed E-state index contributed by atoms with van der Waals surface area (Å²) in [6, 6.07) is 4.71. The Balaban J connectivity index is 2.77. The van der Waals surface area contributed by atoms with E-state index < -0.39 is 16.8 Å². The van der Waals surface area contributed by atoms with Crippen LogP contribution in [0.4, 0.5) is 11.4 Å². The summed E-state index contributed by atoms with van der Waals surface area (Å²) in [5.74, 6) is -0.516. The van der Waals surface area contributed by atoms with Crippen molar-refractivity contribution >= 4 is 28.1 Å². The monoisotopic (exact) mass is 256 g/mol. The number of hydrogen-bond donors (Lipinski definition) is 3. The minimum atomic E-state index is -1.04. The molecule has 0 amide bonds. The predicted octanol–water partition coefficient (Wildman–Crippen LogP) is 1.15. The van der Waals surface area contributed by atoms with E-state index >= 15 is 0 Å². The van der Waals surface area contributed by atoms with Crippen molar-refractivity contribution in [3.63, 3.8) is 0 Å². The van der Waals surface area contributed by atoms with E-state index in [0.29, 0.717) is 5.75 Å². The van der Waals surface area contributed by atoms with E-state index in [1.165, 1.54) is 6.07 Å². The summed E-state index contributed by atoms with van der Waals surface area (Å²) >= 11 is 0. The molecule has 2 unspecified atom stereocenters. The molecule has 0 saturated carbocycles. The Labute approximate surface area is 102 Å². The number of aromatic carboxylic acids is 1. The molecule has 0 spiro atoms. The van der Waals surface area contributed by atoms with Crippen molar-refractivity contribution in [3.8, 4) is 0 Å². The molecule has 0 aliphatic rings. The summed E-state index contributed by atoms with van der Waals surface area (Å²) in [6.45, 7) is 1.91. The third-order valence-electron chi connectivity index (χ3n) is 2.18. The summed E-state index contributed by atoms with van der Waals surface area (Å²) in [5, 5.41) is 11.9. The zero-order valence-electron chi connectivity index (χ0n) is 9.77. The number of carboxylic acids is 1. The summed E-state index contributed by atoms with van der Waals surface area (Å²) in [7, 11) is -0.874. The zero-order chi connectivity index (χ0) is 13.0. The Bertz CT molecular complexity index is 448. The molecule has 0 heterocycles. The first-order chi connectivity index (χ1) is 7.90. The van der Waals surface area contributed by atoms with E-state index in [0.717, 1.165) is 5.69 Å². The summed E-state index contributed by atoms with van der Waals surface area (Å²) in [6.07, 6.45) is 1.64. The third kappa shape index (κ3) is 4.07. The molecule has 2 atom stereocenters. The number of nitrogens with one attached hydrogen (secondary N) is 1. The van der Waals surface area contributed by atoms with Crippen LogP contribution in [0.2, 0.25) is 0 Å². The lowest BCUT2D eigenvalue weighted by Crippen LogP contribution is -2.22. The van der Waals surface area contributed by atoms with Crippen molar-refractivity contribution in [2.75, 3.05) is 23.1 Å². The molecule has 0 aliphatic heterocycles. The van der Waals surface area contributed by atoms with Crippen molar-refractivity contribution in [1.29, 1.82) is 0 Å². The van der Waals surface area contributed by atoms with Gasteiger partial charge in [0, 0.05) is 40.2 Å². The molecule has 17 heavy (non-hydrogen) atoms. The van der Waals surface area contributed by atoms with Crippen LogP contribution in [-0.4, -0.2) is 33.3 Å². The van der Waals surface area contributed by atoms with E-state index in [-0.39, 0.29) is 17.3 Å². The molecule has 5 nitrogen and oxygen atoms in total. The van der Waals surface area contributed by atoms with Crippen molar-refractivity contribution in [2.24, 2.45) is 0 Å². The van der Waals surface area contributed by atoms with Gasteiger partial charge in [0.1, 0.15) is 0 Å². The number of nitrogen functional groups attached to an aromatic ring is 1. The number of nitrogens with two attached hydrogens (primary N) is 1. The Morgan fingerprint density at radius 1 is 1.59 bits per heavy atom. The molecule has 0 saturated heterocycles. The van der Waals surface area contributed by atoms with Crippen molar-refractivity contribution in [3.05, 3.63) is 23.8 Å². The van der Waals surface area contributed by atoms with Gasteiger partial charge in [-0.3, -0.25) is 4.21 Å². The Hall–Kier alpha value is -1.56. The summed E-state index contributed by atoms with van der Waals surface area (Å²) in [4.78, 5) is 10.8. The van der Waals surface area contributed by atoms with Gasteiger partial charge in [-0.25, -0.2) is 4.79 Å². The van der Waals surface area contributed by atoms with E-state index in [1.807, 2.05) is 6.92 Å². The lowest BCUT2D eigenvalue weighted by molar-refractivity contribution is 0.0698. The maximum atomic E-state index is 11.0. The fraction of sp³-hybridized carbons (Fsp3) is 0.364. The van der Waals surface area contributed by atoms with E-state index in [1.54, 1.807) is 18.4 Å². The Morgan fingerprint density at radius 2 is 2.24 bits per heavy atom. The molecule has 4 N–H and O–H groups in total. The van der Waals surface area contributed by atoms with Gasteiger partial charge in [0.25, 0.3) is 0 Å². The lowest BCUT2D eigenvalue weighted by atomic mass is 10.1. The van der Waals surface area contributed by atoms with Crippen LogP contribution in [0.15, 0.2) is 18.2 Å². The molecular weight excluding hydrogens is 240 g/mol. The lowest BCUT2D eigenvalue weighted by Gasteiger charge is -2.14. The third-order valence-corrected chi connectivity index (χ3v) is 3.15. The second kappa shape index (κ2) is 5.67. The summed E-state index contributed by atoms with van der Waals surface area (Å²) in [5.41, 5.74) is 6.65. The van der Waals surface area contributed by atoms with Crippen molar-refractivity contribution in [1.82, 2.24) is 0 Å². The van der Waals surface area contributed by atoms with Gasteiger partial charge in [-0.05, 0) is 25.1 Å². The van der Waals surface area contributed by atoms with Gasteiger partial charge in [-0.15, -0.1) is 0 Å². The standard InChI is InChI=1S/C11H16N2O3S/c1-7(6-17(2)16)13-8-3-4-9(11(14)15)10(12)5-8/h3-5,7,13H,6,12H2,1-2H3,(H,14,15). The summed E-state index contributed by atoms with van der Waals surface area (Å²) < 4.78 is 11.0. The van der Waals surface area contributed by atoms with E-state index in [2.05, 4.69) is 5.32 Å². The molecule has 0 aromatic heterocycles. The second-order valence-corrected chi connectivity index (χ2v) is 5.37. The second-order valence-electron chi connectivity index (χ2n) is 3.89. The highest BCUT2D eigenvalue weighted by atomic mass is 32.2. The SMILES string of the molecule is CC(CS(C)=O)Nc1ccc(C(=O)O)c(N)c1. The van der Waals surface area contributed by atoms with Crippen LogP contribution < -0.4 is 11.1 Å². The molecule has 0 fully saturated rings. The molecule has 0 bridgehead atoms. The molecular formula is C11H16N2O3S.